The van der Waals surface area contributed by atoms with E-state index in [1.54, 1.807) is 24.2 Å². The van der Waals surface area contributed by atoms with Crippen LogP contribution in [0.3, 0.4) is 0 Å². The van der Waals surface area contributed by atoms with Crippen LogP contribution < -0.4 is 14.9 Å². The number of nitrogens with zero attached hydrogens (tertiary/aromatic N) is 3. The number of hydrazone groups is 1. The number of benzene rings is 2. The highest BCUT2D eigenvalue weighted by molar-refractivity contribution is 5.84. The molecular formula is C21H24N4O3. The molecule has 0 aliphatic carbocycles. The first-order valence-corrected chi connectivity index (χ1v) is 9.24. The van der Waals surface area contributed by atoms with E-state index in [2.05, 4.69) is 22.4 Å². The molecule has 0 aliphatic rings. The molecule has 7 heteroatoms. The van der Waals surface area contributed by atoms with Gasteiger partial charge in [0, 0.05) is 0 Å². The van der Waals surface area contributed by atoms with Gasteiger partial charge in [-0.15, -0.1) is 0 Å². The summed E-state index contributed by atoms with van der Waals surface area (Å²) >= 11 is 0. The molecule has 3 aromatic rings. The average molecular weight is 380 g/mol. The maximum absolute atomic E-state index is 12.2. The molecule has 1 N–H and O–H groups in total. The minimum absolute atomic E-state index is 0.144. The van der Waals surface area contributed by atoms with Crippen LogP contribution in [0, 0.1) is 0 Å². The number of carbonyl (C=O) groups excluding carboxylic acids is 1. The Morgan fingerprint density at radius 1 is 1.25 bits per heavy atom. The Morgan fingerprint density at radius 2 is 2.11 bits per heavy atom. The van der Waals surface area contributed by atoms with Crippen molar-refractivity contribution in [1.82, 2.24) is 15.0 Å². The number of rotatable bonds is 9. The predicted octanol–water partition coefficient (Wildman–Crippen LogP) is 3.37. The van der Waals surface area contributed by atoms with E-state index in [1.807, 2.05) is 42.5 Å². The van der Waals surface area contributed by atoms with Gasteiger partial charge in [0.05, 0.1) is 37.3 Å². The van der Waals surface area contributed by atoms with Gasteiger partial charge in [0.1, 0.15) is 6.54 Å². The summed E-state index contributed by atoms with van der Waals surface area (Å²) in [5.74, 6) is 1.10. The van der Waals surface area contributed by atoms with E-state index in [9.17, 15) is 4.79 Å². The van der Waals surface area contributed by atoms with Crippen molar-refractivity contribution in [1.29, 1.82) is 0 Å². The number of imidazole rings is 1. The van der Waals surface area contributed by atoms with Crippen LogP contribution in [0.15, 0.2) is 53.9 Å². The molecule has 2 aromatic carbocycles. The number of amides is 1. The molecule has 0 aliphatic heterocycles. The van der Waals surface area contributed by atoms with Gasteiger partial charge < -0.3 is 14.0 Å². The Balaban J connectivity index is 1.58. The molecule has 0 spiro atoms. The highest BCUT2D eigenvalue weighted by atomic mass is 16.5. The second kappa shape index (κ2) is 9.55. The molecule has 1 aromatic heterocycles. The van der Waals surface area contributed by atoms with Crippen molar-refractivity contribution >= 4 is 23.2 Å². The molecule has 0 bridgehead atoms. The fourth-order valence-electron chi connectivity index (χ4n) is 2.72. The van der Waals surface area contributed by atoms with Gasteiger partial charge in [0.15, 0.2) is 11.5 Å². The van der Waals surface area contributed by atoms with E-state index in [4.69, 9.17) is 9.47 Å². The van der Waals surface area contributed by atoms with Crippen LogP contribution in [0.4, 0.5) is 0 Å². The van der Waals surface area contributed by atoms with Crippen LogP contribution in [0.25, 0.3) is 11.0 Å². The summed E-state index contributed by atoms with van der Waals surface area (Å²) in [4.78, 5) is 16.4. The third-order valence-electron chi connectivity index (χ3n) is 4.19. The standard InChI is InChI=1S/C21H24N4O3/c1-3-4-11-28-19-10-9-16(12-20(19)27-2)13-23-24-21(26)14-25-15-22-17-7-5-6-8-18(17)25/h5-10,12-13,15H,3-4,11,14H2,1-2H3,(H,24,26)/b23-13+. The van der Waals surface area contributed by atoms with Crippen LogP contribution in [-0.4, -0.2) is 35.4 Å². The fraction of sp³-hybridized carbons (Fsp3) is 0.286. The van der Waals surface area contributed by atoms with E-state index in [-0.39, 0.29) is 12.5 Å². The summed E-state index contributed by atoms with van der Waals surface area (Å²) in [5.41, 5.74) is 5.10. The first kappa shape index (κ1) is 19.4. The van der Waals surface area contributed by atoms with Gasteiger partial charge >= 0.3 is 0 Å². The molecule has 0 fully saturated rings. The maximum atomic E-state index is 12.2. The summed E-state index contributed by atoms with van der Waals surface area (Å²) in [6.07, 6.45) is 5.28. The first-order chi connectivity index (χ1) is 13.7. The summed E-state index contributed by atoms with van der Waals surface area (Å²) in [5, 5.41) is 4.03. The Kier molecular flexibility index (Phi) is 6.62. The van der Waals surface area contributed by atoms with Gasteiger partial charge in [-0.3, -0.25) is 4.79 Å². The lowest BCUT2D eigenvalue weighted by atomic mass is 10.2. The second-order valence-corrected chi connectivity index (χ2v) is 6.27. The van der Waals surface area contributed by atoms with Crippen molar-refractivity contribution in [3.05, 3.63) is 54.4 Å². The molecule has 1 amide bonds. The van der Waals surface area contributed by atoms with E-state index >= 15 is 0 Å². The number of fused-ring (bicyclic) bond motifs is 1. The topological polar surface area (TPSA) is 77.7 Å². The monoisotopic (exact) mass is 380 g/mol. The van der Waals surface area contributed by atoms with E-state index in [0.29, 0.717) is 18.1 Å². The van der Waals surface area contributed by atoms with Crippen molar-refractivity contribution in [3.63, 3.8) is 0 Å². The van der Waals surface area contributed by atoms with Crippen LogP contribution in [0.5, 0.6) is 11.5 Å². The third kappa shape index (κ3) is 4.88. The molecule has 7 nitrogen and oxygen atoms in total. The molecule has 1 heterocycles. The lowest BCUT2D eigenvalue weighted by molar-refractivity contribution is -0.121. The summed E-state index contributed by atoms with van der Waals surface area (Å²) in [6.45, 7) is 2.91. The molecule has 0 saturated heterocycles. The number of para-hydroxylation sites is 2. The number of nitrogens with one attached hydrogen (secondary N) is 1. The van der Waals surface area contributed by atoms with Crippen LogP contribution in [-0.2, 0) is 11.3 Å². The van der Waals surface area contributed by atoms with Crippen molar-refractivity contribution in [3.8, 4) is 11.5 Å². The molecule has 0 radical (unpaired) electrons. The summed E-state index contributed by atoms with van der Waals surface area (Å²) in [7, 11) is 1.60. The Morgan fingerprint density at radius 3 is 2.93 bits per heavy atom. The largest absolute Gasteiger partial charge is 0.493 e. The summed E-state index contributed by atoms with van der Waals surface area (Å²) < 4.78 is 12.9. The molecule has 3 rings (SSSR count). The van der Waals surface area contributed by atoms with Gasteiger partial charge in [-0.2, -0.15) is 5.10 Å². The highest BCUT2D eigenvalue weighted by Crippen LogP contribution is 2.27. The van der Waals surface area contributed by atoms with Crippen LogP contribution >= 0.6 is 0 Å². The van der Waals surface area contributed by atoms with E-state index in [0.717, 1.165) is 29.4 Å². The molecule has 0 atom stereocenters. The maximum Gasteiger partial charge on any atom is 0.260 e. The smallest absolute Gasteiger partial charge is 0.260 e. The first-order valence-electron chi connectivity index (χ1n) is 9.24. The SMILES string of the molecule is CCCCOc1ccc(/C=N/NC(=O)Cn2cnc3ccccc32)cc1OC. The Labute approximate surface area is 164 Å². The number of methoxy groups -OCH3 is 1. The van der Waals surface area contributed by atoms with E-state index < -0.39 is 0 Å². The van der Waals surface area contributed by atoms with Crippen LogP contribution in [0.2, 0.25) is 0 Å². The van der Waals surface area contributed by atoms with Gasteiger partial charge in [-0.1, -0.05) is 25.5 Å². The molecule has 0 unspecified atom stereocenters. The average Bonchev–Trinajstić information content (AvgIpc) is 3.12. The number of ether oxygens (including phenoxy) is 2. The Bertz CT molecular complexity index is 965. The van der Waals surface area contributed by atoms with Crippen molar-refractivity contribution in [2.24, 2.45) is 5.10 Å². The molecular weight excluding hydrogens is 356 g/mol. The zero-order chi connectivity index (χ0) is 19.8. The van der Waals surface area contributed by atoms with Crippen molar-refractivity contribution in [2.45, 2.75) is 26.3 Å². The van der Waals surface area contributed by atoms with Gasteiger partial charge in [-0.25, -0.2) is 10.4 Å². The normalized spacial score (nSPS) is 11.1. The predicted molar refractivity (Wildman–Crippen MR) is 109 cm³/mol. The lowest BCUT2D eigenvalue weighted by Gasteiger charge is -2.10. The number of hydrogen-bond acceptors (Lipinski definition) is 5. The third-order valence-corrected chi connectivity index (χ3v) is 4.19. The van der Waals surface area contributed by atoms with E-state index in [1.165, 1.54) is 0 Å². The number of aromatic nitrogens is 2. The van der Waals surface area contributed by atoms with Gasteiger partial charge in [-0.05, 0) is 42.3 Å². The minimum Gasteiger partial charge on any atom is -0.493 e. The number of hydrogen-bond donors (Lipinski definition) is 1. The van der Waals surface area contributed by atoms with Crippen molar-refractivity contribution in [2.75, 3.05) is 13.7 Å². The Hall–Kier alpha value is -3.35. The highest BCUT2D eigenvalue weighted by Gasteiger charge is 2.07. The van der Waals surface area contributed by atoms with Crippen molar-refractivity contribution < 1.29 is 14.3 Å². The molecule has 0 saturated carbocycles. The molecule has 28 heavy (non-hydrogen) atoms. The number of carbonyl (C=O) groups is 1. The van der Waals surface area contributed by atoms with Gasteiger partial charge in [0.25, 0.3) is 5.91 Å². The van der Waals surface area contributed by atoms with Gasteiger partial charge in [0.2, 0.25) is 0 Å². The zero-order valence-corrected chi connectivity index (χ0v) is 16.1. The number of unbranched alkanes of at least 4 members (excludes halogenated alkanes) is 1. The fourth-order valence-corrected chi connectivity index (χ4v) is 2.72. The second-order valence-electron chi connectivity index (χ2n) is 6.27. The van der Waals surface area contributed by atoms with Crippen LogP contribution in [0.1, 0.15) is 25.3 Å². The molecule has 146 valence electrons. The zero-order valence-electron chi connectivity index (χ0n) is 16.1. The minimum atomic E-state index is -0.231. The summed E-state index contributed by atoms with van der Waals surface area (Å²) in [6, 6.07) is 13.2. The quantitative estimate of drug-likeness (QED) is 0.351. The lowest BCUT2D eigenvalue weighted by Crippen LogP contribution is -2.22.